The molecule has 2 atom stereocenters. The van der Waals surface area contributed by atoms with E-state index in [1.165, 1.54) is 19.3 Å². The highest BCUT2D eigenvalue weighted by molar-refractivity contribution is 9.26. The molecular formula is C25H60O6S4Si4. The number of hydrogen-bond acceptors (Lipinski definition) is 10. The molecule has 0 fully saturated rings. The van der Waals surface area contributed by atoms with Crippen molar-refractivity contribution < 1.29 is 26.6 Å². The van der Waals surface area contributed by atoms with Crippen molar-refractivity contribution in [2.75, 3.05) is 39.6 Å². The molecule has 0 spiro atoms. The first-order valence-corrected chi connectivity index (χ1v) is 25.7. The van der Waals surface area contributed by atoms with Crippen LogP contribution in [-0.2, 0) is 26.6 Å². The minimum atomic E-state index is -2.57. The Balaban J connectivity index is 4.94. The van der Waals surface area contributed by atoms with Crippen molar-refractivity contribution in [1.82, 2.24) is 0 Å². The first-order valence-electron chi connectivity index (χ1n) is 15.0. The quantitative estimate of drug-likeness (QED) is 0.0540. The van der Waals surface area contributed by atoms with Crippen molar-refractivity contribution in [3.05, 3.63) is 0 Å². The lowest BCUT2D eigenvalue weighted by Gasteiger charge is -2.35. The van der Waals surface area contributed by atoms with E-state index in [1.54, 1.807) is 0 Å². The molecule has 0 bridgehead atoms. The van der Waals surface area contributed by atoms with Crippen LogP contribution < -0.4 is 0 Å². The Morgan fingerprint density at radius 1 is 0.590 bits per heavy atom. The van der Waals surface area contributed by atoms with Gasteiger partial charge in [-0.1, -0.05) is 42.4 Å². The normalized spacial score (nSPS) is 16.2. The fourth-order valence-corrected chi connectivity index (χ4v) is 22.4. The van der Waals surface area contributed by atoms with Gasteiger partial charge in [0.25, 0.3) is 0 Å². The molecule has 0 saturated carbocycles. The molecule has 0 amide bonds. The Labute approximate surface area is 265 Å². The van der Waals surface area contributed by atoms with E-state index in [2.05, 4.69) is 42.4 Å². The summed E-state index contributed by atoms with van der Waals surface area (Å²) >= 11 is 0. The van der Waals surface area contributed by atoms with Crippen LogP contribution in [0.1, 0.15) is 94.4 Å². The predicted molar refractivity (Wildman–Crippen MR) is 190 cm³/mol. The highest BCUT2D eigenvalue weighted by atomic mass is 33.7. The van der Waals surface area contributed by atoms with Gasteiger partial charge >= 0.3 is 17.6 Å². The summed E-state index contributed by atoms with van der Waals surface area (Å²) in [7, 11) is 5.35. The van der Waals surface area contributed by atoms with Gasteiger partial charge in [0, 0.05) is 81.0 Å². The molecule has 0 aliphatic heterocycles. The molecular weight excluding hydrogens is 637 g/mol. The lowest BCUT2D eigenvalue weighted by atomic mass is 10.1. The van der Waals surface area contributed by atoms with Gasteiger partial charge in [0.1, 0.15) is 0 Å². The lowest BCUT2D eigenvalue weighted by molar-refractivity contribution is 0.0698. The third kappa shape index (κ3) is 16.1. The second-order valence-corrected chi connectivity index (χ2v) is 27.6. The molecule has 0 aromatic rings. The Bertz CT molecular complexity index is 583. The largest absolute Gasteiger partial charge is 0.500 e. The first-order chi connectivity index (χ1) is 18.5. The molecule has 0 aromatic carbocycles. The Hall–Kier alpha value is 2.03. The van der Waals surface area contributed by atoms with Crippen LogP contribution in [0.5, 0.6) is 0 Å². The van der Waals surface area contributed by atoms with Crippen molar-refractivity contribution in [2.24, 2.45) is 5.92 Å². The van der Waals surface area contributed by atoms with E-state index in [4.69, 9.17) is 26.6 Å². The Kier molecular flexibility index (Phi) is 23.7. The fourth-order valence-electron chi connectivity index (χ4n) is 4.23. The van der Waals surface area contributed by atoms with Gasteiger partial charge in [-0.05, 0) is 99.2 Å². The minimum absolute atomic E-state index is 0.320. The molecule has 0 aliphatic rings. The second kappa shape index (κ2) is 22.5. The molecule has 0 radical (unpaired) electrons. The van der Waals surface area contributed by atoms with E-state index in [1.807, 2.05) is 61.2 Å². The summed E-state index contributed by atoms with van der Waals surface area (Å²) < 4.78 is 37.2. The molecule has 0 heterocycles. The van der Waals surface area contributed by atoms with E-state index in [0.717, 1.165) is 45.4 Å². The molecule has 236 valence electrons. The van der Waals surface area contributed by atoms with E-state index in [0.29, 0.717) is 54.3 Å². The van der Waals surface area contributed by atoms with Gasteiger partial charge in [0.15, 0.2) is 0 Å². The molecule has 6 nitrogen and oxygen atoms in total. The zero-order chi connectivity index (χ0) is 29.8. The minimum Gasteiger partial charge on any atom is -0.374 e. The van der Waals surface area contributed by atoms with Crippen LogP contribution in [0.25, 0.3) is 0 Å². The van der Waals surface area contributed by atoms with E-state index >= 15 is 0 Å². The molecule has 39 heavy (non-hydrogen) atoms. The van der Waals surface area contributed by atoms with Crippen LogP contribution in [0.15, 0.2) is 0 Å². The molecule has 0 N–H and O–H groups in total. The first kappa shape index (κ1) is 41.0. The number of rotatable bonds is 27. The molecule has 2 unspecified atom stereocenters. The van der Waals surface area contributed by atoms with Crippen molar-refractivity contribution in [2.45, 2.75) is 115 Å². The van der Waals surface area contributed by atoms with Gasteiger partial charge in [-0.2, -0.15) is 0 Å². The Morgan fingerprint density at radius 2 is 0.949 bits per heavy atom. The second-order valence-electron chi connectivity index (χ2n) is 10.2. The molecule has 14 heteroatoms. The standard InChI is InChI=1S/C25H60O6S4Si4/c1-10-24(36,19-17-21-38(26-11-2,27-12-3)28-13-4)32-34-35-33-25(37,23(8)9)20-18-22-39(29-14-5,30-15-6)31-16-7/h23H,10-22H2,1-9,36-37H3. The van der Waals surface area contributed by atoms with Crippen LogP contribution in [-0.4, -0.2) is 86.5 Å². The highest BCUT2D eigenvalue weighted by Crippen LogP contribution is 2.55. The summed E-state index contributed by atoms with van der Waals surface area (Å²) in [6, 6.07) is 1.81. The summed E-state index contributed by atoms with van der Waals surface area (Å²) in [5, 5.41) is 0. The van der Waals surface area contributed by atoms with Gasteiger partial charge in [-0.25, -0.2) is 0 Å². The topological polar surface area (TPSA) is 55.4 Å². The van der Waals surface area contributed by atoms with Crippen molar-refractivity contribution in [3.8, 4) is 0 Å². The van der Waals surface area contributed by atoms with Crippen molar-refractivity contribution >= 4 is 79.3 Å². The van der Waals surface area contributed by atoms with Gasteiger partial charge < -0.3 is 26.6 Å². The average Bonchev–Trinajstić information content (AvgIpc) is 2.87. The van der Waals surface area contributed by atoms with Crippen molar-refractivity contribution in [1.29, 1.82) is 0 Å². The van der Waals surface area contributed by atoms with Gasteiger partial charge in [0.2, 0.25) is 0 Å². The van der Waals surface area contributed by atoms with Crippen LogP contribution in [0.2, 0.25) is 12.1 Å². The fraction of sp³-hybridized carbons (Fsp3) is 1.00. The van der Waals surface area contributed by atoms with E-state index in [-0.39, 0.29) is 0 Å². The number of hydrogen-bond donors (Lipinski definition) is 0. The van der Waals surface area contributed by atoms with Gasteiger partial charge in [-0.3, -0.25) is 0 Å². The monoisotopic (exact) mass is 696 g/mol. The van der Waals surface area contributed by atoms with Gasteiger partial charge in [0.05, 0.1) is 0 Å². The van der Waals surface area contributed by atoms with E-state index in [9.17, 15) is 0 Å². The predicted octanol–water partition coefficient (Wildman–Crippen LogP) is 6.51. The molecule has 0 rings (SSSR count). The maximum Gasteiger partial charge on any atom is 0.500 e. The zero-order valence-corrected chi connectivity index (χ0v) is 36.1. The van der Waals surface area contributed by atoms with Crippen LogP contribution >= 0.6 is 41.2 Å². The summed E-state index contributed by atoms with van der Waals surface area (Å²) in [6.07, 6.45) is 5.75. The summed E-state index contributed by atoms with van der Waals surface area (Å²) in [5.74, 6) is 0.635. The molecule has 0 aromatic heterocycles. The SMILES string of the molecule is CCO[Si](CCCC([SiH3])(CC)SSSSC([SiH3])(CCC[Si](OCC)(OCC)OCC)C(C)C)(OCC)OCC. The van der Waals surface area contributed by atoms with Crippen molar-refractivity contribution in [3.63, 3.8) is 0 Å². The maximum atomic E-state index is 6.10. The highest BCUT2D eigenvalue weighted by Gasteiger charge is 2.42. The van der Waals surface area contributed by atoms with E-state index < -0.39 is 17.6 Å². The smallest absolute Gasteiger partial charge is 0.374 e. The zero-order valence-electron chi connectivity index (χ0n) is 26.9. The Morgan fingerprint density at radius 3 is 1.28 bits per heavy atom. The van der Waals surface area contributed by atoms with Crippen LogP contribution in [0.3, 0.4) is 0 Å². The van der Waals surface area contributed by atoms with Crippen LogP contribution in [0.4, 0.5) is 0 Å². The maximum absolute atomic E-state index is 6.10. The summed E-state index contributed by atoms with van der Waals surface area (Å²) in [4.78, 5) is 0. The average molecular weight is 697 g/mol. The summed E-state index contributed by atoms with van der Waals surface area (Å²) in [5.41, 5.74) is 0. The molecule has 0 saturated heterocycles. The molecule has 0 aliphatic carbocycles. The third-order valence-corrected chi connectivity index (χ3v) is 27.4. The third-order valence-electron chi connectivity index (χ3n) is 6.99. The summed E-state index contributed by atoms with van der Waals surface area (Å²) in [6.45, 7) is 23.2. The van der Waals surface area contributed by atoms with Crippen LogP contribution in [0, 0.1) is 5.92 Å². The van der Waals surface area contributed by atoms with Gasteiger partial charge in [-0.15, -0.1) is 0 Å². The lowest BCUT2D eigenvalue weighted by Crippen LogP contribution is -2.46.